The minimum atomic E-state index is -0.303. The second-order valence-electron chi connectivity index (χ2n) is 2.38. The molecule has 0 saturated carbocycles. The molecule has 0 aromatic carbocycles. The van der Waals surface area contributed by atoms with Gasteiger partial charge in [-0.3, -0.25) is 0 Å². The summed E-state index contributed by atoms with van der Waals surface area (Å²) in [6, 6.07) is 0. The minimum Gasteiger partial charge on any atom is -0.330 e. The van der Waals surface area contributed by atoms with Crippen LogP contribution >= 0.6 is 0 Å². The maximum Gasteiger partial charge on any atom is 0.345 e. The van der Waals surface area contributed by atoms with E-state index in [1.54, 1.807) is 6.20 Å². The average molecular weight is 153 g/mol. The molecule has 0 aliphatic rings. The molecule has 4 heteroatoms. The number of hydrogen-bond acceptors (Lipinski definition) is 3. The van der Waals surface area contributed by atoms with Gasteiger partial charge in [0.1, 0.15) is 0 Å². The Hall–Kier alpha value is -1.16. The van der Waals surface area contributed by atoms with Gasteiger partial charge in [-0.05, 0) is 25.5 Å². The molecule has 0 bridgehead atoms. The largest absolute Gasteiger partial charge is 0.345 e. The molecule has 1 heterocycles. The van der Waals surface area contributed by atoms with Gasteiger partial charge in [0.2, 0.25) is 0 Å². The van der Waals surface area contributed by atoms with Gasteiger partial charge in [-0.15, -0.1) is 0 Å². The van der Waals surface area contributed by atoms with Crippen LogP contribution in [0.4, 0.5) is 0 Å². The zero-order chi connectivity index (χ0) is 8.27. The van der Waals surface area contributed by atoms with Gasteiger partial charge in [0, 0.05) is 11.9 Å². The number of hydrogen-bond donors (Lipinski definition) is 2. The first-order chi connectivity index (χ1) is 5.24. The normalized spacial score (nSPS) is 10.0. The lowest BCUT2D eigenvalue weighted by Crippen LogP contribution is -2.14. The highest BCUT2D eigenvalue weighted by atomic mass is 16.1. The Bertz CT molecular complexity index is 292. The highest BCUT2D eigenvalue weighted by Crippen LogP contribution is 1.98. The zero-order valence-corrected chi connectivity index (χ0v) is 6.42. The van der Waals surface area contributed by atoms with E-state index in [4.69, 9.17) is 5.73 Å². The van der Waals surface area contributed by atoms with Crippen LogP contribution in [0.5, 0.6) is 0 Å². The molecule has 60 valence electrons. The third kappa shape index (κ3) is 1.88. The van der Waals surface area contributed by atoms with Crippen LogP contribution in [0, 0.1) is 6.92 Å². The maximum absolute atomic E-state index is 10.6. The van der Waals surface area contributed by atoms with Gasteiger partial charge >= 0.3 is 5.69 Å². The van der Waals surface area contributed by atoms with Crippen molar-refractivity contribution in [1.29, 1.82) is 0 Å². The molecule has 1 aromatic heterocycles. The monoisotopic (exact) mass is 153 g/mol. The van der Waals surface area contributed by atoms with Crippen LogP contribution in [0.3, 0.4) is 0 Å². The van der Waals surface area contributed by atoms with Crippen molar-refractivity contribution in [3.63, 3.8) is 0 Å². The predicted molar refractivity (Wildman–Crippen MR) is 42.4 cm³/mol. The molecular weight excluding hydrogens is 142 g/mol. The average Bonchev–Trinajstić information content (AvgIpc) is 1.95. The third-order valence-electron chi connectivity index (χ3n) is 1.53. The summed E-state index contributed by atoms with van der Waals surface area (Å²) in [5.41, 5.74) is 6.91. The van der Waals surface area contributed by atoms with Crippen molar-refractivity contribution in [3.8, 4) is 0 Å². The van der Waals surface area contributed by atoms with Gasteiger partial charge < -0.3 is 10.7 Å². The van der Waals surface area contributed by atoms with Crippen LogP contribution < -0.4 is 11.4 Å². The molecular formula is C7H11N3O. The van der Waals surface area contributed by atoms with Crippen molar-refractivity contribution in [3.05, 3.63) is 27.9 Å². The lowest BCUT2D eigenvalue weighted by atomic mass is 10.2. The van der Waals surface area contributed by atoms with E-state index in [1.165, 1.54) is 0 Å². The molecule has 0 unspecified atom stereocenters. The van der Waals surface area contributed by atoms with Crippen molar-refractivity contribution in [2.24, 2.45) is 5.73 Å². The topological polar surface area (TPSA) is 71.8 Å². The van der Waals surface area contributed by atoms with Crippen LogP contribution in [0.15, 0.2) is 11.0 Å². The summed E-state index contributed by atoms with van der Waals surface area (Å²) in [5.74, 6) is 0. The molecule has 4 nitrogen and oxygen atoms in total. The van der Waals surface area contributed by atoms with Crippen molar-refractivity contribution < 1.29 is 0 Å². The molecule has 0 atom stereocenters. The van der Waals surface area contributed by atoms with E-state index in [2.05, 4.69) is 9.97 Å². The Kier molecular flexibility index (Phi) is 2.38. The summed E-state index contributed by atoms with van der Waals surface area (Å²) in [5, 5.41) is 0. The van der Waals surface area contributed by atoms with E-state index < -0.39 is 0 Å². The number of nitrogens with zero attached hydrogens (tertiary/aromatic N) is 1. The van der Waals surface area contributed by atoms with Gasteiger partial charge in [-0.2, -0.15) is 0 Å². The smallest absolute Gasteiger partial charge is 0.330 e. The van der Waals surface area contributed by atoms with E-state index in [0.717, 1.165) is 17.7 Å². The zero-order valence-electron chi connectivity index (χ0n) is 6.42. The Morgan fingerprint density at radius 2 is 2.45 bits per heavy atom. The first-order valence-corrected chi connectivity index (χ1v) is 3.49. The van der Waals surface area contributed by atoms with Crippen LogP contribution in [-0.4, -0.2) is 16.5 Å². The van der Waals surface area contributed by atoms with Crippen molar-refractivity contribution in [2.75, 3.05) is 6.54 Å². The van der Waals surface area contributed by atoms with Crippen molar-refractivity contribution in [1.82, 2.24) is 9.97 Å². The van der Waals surface area contributed by atoms with E-state index in [0.29, 0.717) is 6.54 Å². The number of nitrogens with two attached hydrogens (primary N) is 1. The van der Waals surface area contributed by atoms with E-state index in [1.807, 2.05) is 6.92 Å². The molecule has 0 aliphatic carbocycles. The lowest BCUT2D eigenvalue weighted by Gasteiger charge is -2.00. The fourth-order valence-electron chi connectivity index (χ4n) is 0.914. The fourth-order valence-corrected chi connectivity index (χ4v) is 0.914. The summed E-state index contributed by atoms with van der Waals surface area (Å²) in [4.78, 5) is 16.8. The van der Waals surface area contributed by atoms with Crippen LogP contribution in [0.1, 0.15) is 11.3 Å². The first-order valence-electron chi connectivity index (χ1n) is 3.49. The standard InChI is InChI=1S/C7H11N3O/c1-5-6(2-3-8)4-9-7(11)10-5/h4H,2-3,8H2,1H3,(H,9,10,11). The molecule has 1 aromatic rings. The van der Waals surface area contributed by atoms with E-state index >= 15 is 0 Å². The Labute approximate surface area is 64.5 Å². The maximum atomic E-state index is 10.6. The van der Waals surface area contributed by atoms with Gasteiger partial charge in [0.15, 0.2) is 0 Å². The Morgan fingerprint density at radius 3 is 3.00 bits per heavy atom. The fraction of sp³-hybridized carbons (Fsp3) is 0.429. The Morgan fingerprint density at radius 1 is 1.73 bits per heavy atom. The van der Waals surface area contributed by atoms with Gasteiger partial charge in [-0.1, -0.05) is 0 Å². The second kappa shape index (κ2) is 3.30. The predicted octanol–water partition coefficient (Wildman–Crippen LogP) is -0.420. The number of aryl methyl sites for hydroxylation is 1. The summed E-state index contributed by atoms with van der Waals surface area (Å²) < 4.78 is 0. The van der Waals surface area contributed by atoms with Crippen LogP contribution in [0.25, 0.3) is 0 Å². The molecule has 0 aliphatic heterocycles. The summed E-state index contributed by atoms with van der Waals surface area (Å²) in [6.07, 6.45) is 2.33. The number of aromatic nitrogens is 2. The molecule has 0 amide bonds. The molecule has 0 fully saturated rings. The first kappa shape index (κ1) is 7.94. The number of nitrogens with one attached hydrogen (secondary N) is 1. The van der Waals surface area contributed by atoms with Gasteiger partial charge in [0.25, 0.3) is 0 Å². The number of aromatic amines is 1. The van der Waals surface area contributed by atoms with Crippen molar-refractivity contribution >= 4 is 0 Å². The quantitative estimate of drug-likeness (QED) is 0.606. The molecule has 11 heavy (non-hydrogen) atoms. The van der Waals surface area contributed by atoms with Crippen LogP contribution in [0.2, 0.25) is 0 Å². The van der Waals surface area contributed by atoms with Gasteiger partial charge in [-0.25, -0.2) is 9.78 Å². The number of H-pyrrole nitrogens is 1. The summed E-state index contributed by atoms with van der Waals surface area (Å²) in [6.45, 7) is 2.42. The molecule has 0 saturated heterocycles. The van der Waals surface area contributed by atoms with E-state index in [9.17, 15) is 4.79 Å². The molecule has 1 rings (SSSR count). The minimum absolute atomic E-state index is 0.303. The van der Waals surface area contributed by atoms with Crippen molar-refractivity contribution in [2.45, 2.75) is 13.3 Å². The Balaban J connectivity index is 2.99. The summed E-state index contributed by atoms with van der Waals surface area (Å²) >= 11 is 0. The molecule has 0 radical (unpaired) electrons. The highest BCUT2D eigenvalue weighted by molar-refractivity contribution is 5.14. The third-order valence-corrected chi connectivity index (χ3v) is 1.53. The second-order valence-corrected chi connectivity index (χ2v) is 2.38. The van der Waals surface area contributed by atoms with Crippen LogP contribution in [-0.2, 0) is 6.42 Å². The molecule has 3 N–H and O–H groups in total. The number of rotatable bonds is 2. The van der Waals surface area contributed by atoms with E-state index in [-0.39, 0.29) is 5.69 Å². The SMILES string of the molecule is Cc1[nH]c(=O)ncc1CCN. The lowest BCUT2D eigenvalue weighted by molar-refractivity contribution is 0.900. The highest BCUT2D eigenvalue weighted by Gasteiger charge is 1.96. The van der Waals surface area contributed by atoms with Gasteiger partial charge in [0.05, 0.1) is 0 Å². The molecule has 0 spiro atoms. The summed E-state index contributed by atoms with van der Waals surface area (Å²) in [7, 11) is 0.